The van der Waals surface area contributed by atoms with Gasteiger partial charge in [0.15, 0.2) is 5.13 Å². The van der Waals surface area contributed by atoms with Crippen LogP contribution in [0, 0.1) is 0 Å². The van der Waals surface area contributed by atoms with E-state index in [1.54, 1.807) is 17.2 Å². The first-order chi connectivity index (χ1) is 10.3. The molecule has 0 aliphatic heterocycles. The Morgan fingerprint density at radius 1 is 1.33 bits per heavy atom. The number of carbonyl (C=O) groups excluding carboxylic acids is 1. The highest BCUT2D eigenvalue weighted by molar-refractivity contribution is 7.14. The summed E-state index contributed by atoms with van der Waals surface area (Å²) in [6.07, 6.45) is 5.06. The molecule has 0 spiro atoms. The molecule has 8 heteroatoms. The lowest BCUT2D eigenvalue weighted by Gasteiger charge is -2.01. The Balaban J connectivity index is 1.58. The van der Waals surface area contributed by atoms with Gasteiger partial charge in [0.2, 0.25) is 5.91 Å². The maximum Gasteiger partial charge on any atom is 0.228 e. The summed E-state index contributed by atoms with van der Waals surface area (Å²) in [6, 6.07) is 5.63. The van der Waals surface area contributed by atoms with Gasteiger partial charge < -0.3 is 5.32 Å². The van der Waals surface area contributed by atoms with Crippen LogP contribution in [0.25, 0.3) is 11.4 Å². The van der Waals surface area contributed by atoms with Crippen LogP contribution in [0.2, 0.25) is 0 Å². The first-order valence-electron chi connectivity index (χ1n) is 6.30. The third-order valence-electron chi connectivity index (χ3n) is 2.71. The summed E-state index contributed by atoms with van der Waals surface area (Å²) in [7, 11) is 0. The minimum atomic E-state index is -0.104. The zero-order valence-corrected chi connectivity index (χ0v) is 11.8. The third-order valence-corrected chi connectivity index (χ3v) is 3.47. The molecule has 0 radical (unpaired) electrons. The molecule has 0 saturated heterocycles. The molecule has 1 N–H and O–H groups in total. The maximum atomic E-state index is 11.8. The molecule has 0 aromatic carbocycles. The highest BCUT2D eigenvalue weighted by Crippen LogP contribution is 2.23. The molecule has 3 aromatic rings. The second kappa shape index (κ2) is 6.23. The topological polar surface area (TPSA) is 85.6 Å². The summed E-state index contributed by atoms with van der Waals surface area (Å²) in [6.45, 7) is 0.490. The zero-order chi connectivity index (χ0) is 14.5. The number of thiazole rings is 1. The molecule has 0 saturated carbocycles. The first kappa shape index (κ1) is 13.4. The number of hydrogen-bond donors (Lipinski definition) is 1. The molecule has 3 aromatic heterocycles. The largest absolute Gasteiger partial charge is 0.302 e. The predicted molar refractivity (Wildman–Crippen MR) is 78.6 cm³/mol. The number of pyridine rings is 1. The van der Waals surface area contributed by atoms with Gasteiger partial charge in [0.25, 0.3) is 0 Å². The van der Waals surface area contributed by atoms with Crippen molar-refractivity contribution < 1.29 is 4.79 Å². The predicted octanol–water partition coefficient (Wildman–Crippen LogP) is 1.83. The van der Waals surface area contributed by atoms with Crippen molar-refractivity contribution in [2.24, 2.45) is 0 Å². The van der Waals surface area contributed by atoms with Crippen LogP contribution >= 0.6 is 11.3 Å². The highest BCUT2D eigenvalue weighted by atomic mass is 32.1. The fraction of sp³-hybridized carbons (Fsp3) is 0.154. The van der Waals surface area contributed by atoms with Crippen molar-refractivity contribution in [3.8, 4) is 11.4 Å². The lowest BCUT2D eigenvalue weighted by molar-refractivity contribution is -0.116. The van der Waals surface area contributed by atoms with Gasteiger partial charge in [-0.05, 0) is 12.1 Å². The number of amides is 1. The van der Waals surface area contributed by atoms with Gasteiger partial charge in [0.1, 0.15) is 18.3 Å². The van der Waals surface area contributed by atoms with E-state index >= 15 is 0 Å². The van der Waals surface area contributed by atoms with E-state index in [-0.39, 0.29) is 5.91 Å². The number of nitrogens with one attached hydrogen (secondary N) is 1. The third kappa shape index (κ3) is 3.48. The minimum Gasteiger partial charge on any atom is -0.302 e. The fourth-order valence-corrected chi connectivity index (χ4v) is 2.43. The Kier molecular flexibility index (Phi) is 3.97. The van der Waals surface area contributed by atoms with Gasteiger partial charge in [-0.25, -0.2) is 9.97 Å². The Bertz CT molecular complexity index is 709. The minimum absolute atomic E-state index is 0.104. The van der Waals surface area contributed by atoms with Crippen LogP contribution in [0.3, 0.4) is 0 Å². The molecule has 0 bridgehead atoms. The van der Waals surface area contributed by atoms with E-state index in [9.17, 15) is 4.79 Å². The summed E-state index contributed by atoms with van der Waals surface area (Å²) in [5, 5.41) is 9.16. The van der Waals surface area contributed by atoms with Gasteiger partial charge in [-0.15, -0.1) is 11.3 Å². The highest BCUT2D eigenvalue weighted by Gasteiger charge is 2.08. The van der Waals surface area contributed by atoms with Crippen molar-refractivity contribution in [1.29, 1.82) is 0 Å². The quantitative estimate of drug-likeness (QED) is 0.777. The number of rotatable bonds is 5. The molecule has 0 fully saturated rings. The van der Waals surface area contributed by atoms with E-state index < -0.39 is 0 Å². The number of carbonyl (C=O) groups is 1. The average Bonchev–Trinajstić information content (AvgIpc) is 3.17. The Labute approximate surface area is 124 Å². The molecular weight excluding hydrogens is 288 g/mol. The summed E-state index contributed by atoms with van der Waals surface area (Å²) < 4.78 is 1.61. The molecule has 0 atom stereocenters. The molecule has 0 unspecified atom stereocenters. The van der Waals surface area contributed by atoms with E-state index in [0.717, 1.165) is 11.4 Å². The number of hydrogen-bond acceptors (Lipinski definition) is 6. The molecule has 7 nitrogen and oxygen atoms in total. The molecular formula is C13H12N6OS. The van der Waals surface area contributed by atoms with Gasteiger partial charge in [-0.1, -0.05) is 6.07 Å². The average molecular weight is 300 g/mol. The zero-order valence-electron chi connectivity index (χ0n) is 11.0. The summed E-state index contributed by atoms with van der Waals surface area (Å²) >= 11 is 1.38. The number of nitrogens with zero attached hydrogens (tertiary/aromatic N) is 5. The fourth-order valence-electron chi connectivity index (χ4n) is 1.71. The van der Waals surface area contributed by atoms with Crippen LogP contribution in [0.5, 0.6) is 0 Å². The number of anilines is 1. The smallest absolute Gasteiger partial charge is 0.228 e. The summed E-state index contributed by atoms with van der Waals surface area (Å²) in [4.78, 5) is 24.2. The normalized spacial score (nSPS) is 10.5. The van der Waals surface area contributed by atoms with Crippen LogP contribution in [0.15, 0.2) is 42.4 Å². The molecule has 21 heavy (non-hydrogen) atoms. The van der Waals surface area contributed by atoms with E-state index in [2.05, 4.69) is 25.4 Å². The monoisotopic (exact) mass is 300 g/mol. The molecule has 0 aliphatic rings. The van der Waals surface area contributed by atoms with Crippen molar-refractivity contribution >= 4 is 22.4 Å². The van der Waals surface area contributed by atoms with Crippen LogP contribution in [-0.4, -0.2) is 30.6 Å². The summed E-state index contributed by atoms with van der Waals surface area (Å²) in [5.41, 5.74) is 1.55. The second-order valence-corrected chi connectivity index (χ2v) is 5.07. The molecule has 1 amide bonds. The van der Waals surface area contributed by atoms with Crippen LogP contribution < -0.4 is 5.32 Å². The van der Waals surface area contributed by atoms with E-state index in [1.165, 1.54) is 17.7 Å². The lowest BCUT2D eigenvalue weighted by Crippen LogP contribution is -2.14. The summed E-state index contributed by atoms with van der Waals surface area (Å²) in [5.74, 6) is -0.104. The van der Waals surface area contributed by atoms with Gasteiger partial charge in [0.05, 0.1) is 12.2 Å². The van der Waals surface area contributed by atoms with Crippen LogP contribution in [-0.2, 0) is 11.3 Å². The number of aromatic nitrogens is 5. The van der Waals surface area contributed by atoms with Gasteiger partial charge in [-0.3, -0.25) is 14.5 Å². The van der Waals surface area contributed by atoms with Crippen molar-refractivity contribution in [1.82, 2.24) is 24.7 Å². The maximum absolute atomic E-state index is 11.8. The number of aryl methyl sites for hydroxylation is 1. The van der Waals surface area contributed by atoms with E-state index in [0.29, 0.717) is 18.1 Å². The van der Waals surface area contributed by atoms with Gasteiger partial charge in [-0.2, -0.15) is 5.10 Å². The molecule has 3 rings (SSSR count). The molecule has 0 aliphatic carbocycles. The Morgan fingerprint density at radius 3 is 3.05 bits per heavy atom. The Morgan fingerprint density at radius 2 is 2.29 bits per heavy atom. The second-order valence-electron chi connectivity index (χ2n) is 4.21. The van der Waals surface area contributed by atoms with Gasteiger partial charge in [0, 0.05) is 18.0 Å². The van der Waals surface area contributed by atoms with Gasteiger partial charge >= 0.3 is 0 Å². The first-order valence-corrected chi connectivity index (χ1v) is 7.18. The SMILES string of the molecule is O=C(CCn1cncn1)Nc1nc(-c2ccccn2)cs1. The van der Waals surface area contributed by atoms with Crippen molar-refractivity contribution in [3.63, 3.8) is 0 Å². The molecule has 3 heterocycles. The van der Waals surface area contributed by atoms with Crippen molar-refractivity contribution in [2.45, 2.75) is 13.0 Å². The van der Waals surface area contributed by atoms with E-state index in [4.69, 9.17) is 0 Å². The standard InChI is InChI=1S/C13H12N6OS/c20-12(4-6-19-9-14-8-16-19)18-13-17-11(7-21-13)10-3-1-2-5-15-10/h1-3,5,7-9H,4,6H2,(H,17,18,20). The lowest BCUT2D eigenvalue weighted by atomic mass is 10.3. The molecule has 106 valence electrons. The van der Waals surface area contributed by atoms with Crippen molar-refractivity contribution in [2.75, 3.05) is 5.32 Å². The van der Waals surface area contributed by atoms with Crippen molar-refractivity contribution in [3.05, 3.63) is 42.4 Å². The van der Waals surface area contributed by atoms with Crippen LogP contribution in [0.4, 0.5) is 5.13 Å². The Hall–Kier alpha value is -2.61. The van der Waals surface area contributed by atoms with Crippen LogP contribution in [0.1, 0.15) is 6.42 Å². The van der Waals surface area contributed by atoms with E-state index in [1.807, 2.05) is 23.6 Å².